The van der Waals surface area contributed by atoms with Crippen molar-refractivity contribution in [3.05, 3.63) is 75.7 Å². The molecule has 0 saturated carbocycles. The summed E-state index contributed by atoms with van der Waals surface area (Å²) >= 11 is 9.44. The van der Waals surface area contributed by atoms with E-state index in [0.29, 0.717) is 45.6 Å². The SMILES string of the molecule is CCOc1ccc(C(=O)Nc2cccc(-c3nc4cc(Cl)ccc4o3)c2)cc1Br. The fourth-order valence-electron chi connectivity index (χ4n) is 2.87. The molecule has 7 heteroatoms. The number of amides is 1. The van der Waals surface area contributed by atoms with Crippen molar-refractivity contribution in [1.29, 1.82) is 0 Å². The summed E-state index contributed by atoms with van der Waals surface area (Å²) in [6.45, 7) is 2.46. The van der Waals surface area contributed by atoms with Crippen LogP contribution in [0.2, 0.25) is 5.02 Å². The van der Waals surface area contributed by atoms with E-state index in [2.05, 4.69) is 26.2 Å². The molecule has 0 aliphatic carbocycles. The van der Waals surface area contributed by atoms with Crippen LogP contribution in [0.15, 0.2) is 69.6 Å². The predicted octanol–water partition coefficient (Wildman–Crippen LogP) is 6.56. The van der Waals surface area contributed by atoms with Crippen molar-refractivity contribution in [2.45, 2.75) is 6.92 Å². The fourth-order valence-corrected chi connectivity index (χ4v) is 3.53. The van der Waals surface area contributed by atoms with Gasteiger partial charge in [0.2, 0.25) is 5.89 Å². The first-order valence-electron chi connectivity index (χ1n) is 8.93. The van der Waals surface area contributed by atoms with Crippen LogP contribution in [-0.4, -0.2) is 17.5 Å². The molecule has 4 rings (SSSR count). The highest BCUT2D eigenvalue weighted by atomic mass is 79.9. The van der Waals surface area contributed by atoms with Crippen molar-refractivity contribution in [2.75, 3.05) is 11.9 Å². The minimum absolute atomic E-state index is 0.227. The number of rotatable bonds is 5. The molecular formula is C22H16BrClN2O3. The standard InChI is InChI=1S/C22H16BrClN2O3/c1-2-28-19-8-6-13(11-17(19)23)21(27)25-16-5-3-4-14(10-16)22-26-18-12-15(24)7-9-20(18)29-22/h3-12H,2H2,1H3,(H,25,27). The summed E-state index contributed by atoms with van der Waals surface area (Å²) in [5.41, 5.74) is 3.24. The lowest BCUT2D eigenvalue weighted by molar-refractivity contribution is 0.102. The maximum atomic E-state index is 12.6. The average Bonchev–Trinajstić information content (AvgIpc) is 3.13. The maximum absolute atomic E-state index is 12.6. The Morgan fingerprint density at radius 3 is 2.83 bits per heavy atom. The first-order valence-corrected chi connectivity index (χ1v) is 10.1. The highest BCUT2D eigenvalue weighted by Gasteiger charge is 2.12. The Labute approximate surface area is 180 Å². The average molecular weight is 472 g/mol. The van der Waals surface area contributed by atoms with Crippen molar-refractivity contribution < 1.29 is 13.9 Å². The molecule has 1 aromatic heterocycles. The quantitative estimate of drug-likeness (QED) is 0.358. The Balaban J connectivity index is 1.57. The van der Waals surface area contributed by atoms with Gasteiger partial charge in [-0.1, -0.05) is 17.7 Å². The van der Waals surface area contributed by atoms with Crippen LogP contribution < -0.4 is 10.1 Å². The molecule has 29 heavy (non-hydrogen) atoms. The minimum Gasteiger partial charge on any atom is -0.493 e. The largest absolute Gasteiger partial charge is 0.493 e. The minimum atomic E-state index is -0.227. The van der Waals surface area contributed by atoms with Gasteiger partial charge in [-0.25, -0.2) is 4.98 Å². The fraction of sp³-hybridized carbons (Fsp3) is 0.0909. The van der Waals surface area contributed by atoms with Crippen molar-refractivity contribution in [2.24, 2.45) is 0 Å². The van der Waals surface area contributed by atoms with Gasteiger partial charge in [0.15, 0.2) is 5.58 Å². The number of carbonyl (C=O) groups is 1. The van der Waals surface area contributed by atoms with Gasteiger partial charge < -0.3 is 14.5 Å². The van der Waals surface area contributed by atoms with Crippen LogP contribution >= 0.6 is 27.5 Å². The first kappa shape index (κ1) is 19.5. The van der Waals surface area contributed by atoms with E-state index in [1.165, 1.54) is 0 Å². The van der Waals surface area contributed by atoms with E-state index in [-0.39, 0.29) is 5.91 Å². The van der Waals surface area contributed by atoms with Gasteiger partial charge in [0.1, 0.15) is 11.3 Å². The van der Waals surface area contributed by atoms with Gasteiger partial charge in [0, 0.05) is 21.8 Å². The molecule has 0 unspecified atom stereocenters. The number of fused-ring (bicyclic) bond motifs is 1. The molecule has 0 aliphatic rings. The van der Waals surface area contributed by atoms with Gasteiger partial charge in [-0.3, -0.25) is 4.79 Å². The lowest BCUT2D eigenvalue weighted by Gasteiger charge is -2.09. The highest BCUT2D eigenvalue weighted by molar-refractivity contribution is 9.10. The Bertz CT molecular complexity index is 1210. The Kier molecular flexibility index (Phi) is 5.56. The number of hydrogen-bond acceptors (Lipinski definition) is 4. The van der Waals surface area contributed by atoms with Gasteiger partial charge in [0.05, 0.1) is 11.1 Å². The number of carbonyl (C=O) groups excluding carboxylic acids is 1. The molecule has 1 N–H and O–H groups in total. The van der Waals surface area contributed by atoms with E-state index in [1.54, 1.807) is 36.4 Å². The molecule has 3 aromatic carbocycles. The normalized spacial score (nSPS) is 10.9. The second-order valence-corrected chi connectivity index (χ2v) is 7.53. The van der Waals surface area contributed by atoms with E-state index >= 15 is 0 Å². The third-order valence-electron chi connectivity index (χ3n) is 4.21. The summed E-state index contributed by atoms with van der Waals surface area (Å²) in [5, 5.41) is 3.50. The third kappa shape index (κ3) is 4.28. The first-order chi connectivity index (χ1) is 14.0. The zero-order valence-electron chi connectivity index (χ0n) is 15.4. The molecule has 0 radical (unpaired) electrons. The Hall–Kier alpha value is -2.83. The third-order valence-corrected chi connectivity index (χ3v) is 5.07. The molecular weight excluding hydrogens is 456 g/mol. The monoisotopic (exact) mass is 470 g/mol. The van der Waals surface area contributed by atoms with Crippen molar-refractivity contribution in [3.63, 3.8) is 0 Å². The molecule has 0 saturated heterocycles. The molecule has 5 nitrogen and oxygen atoms in total. The Morgan fingerprint density at radius 2 is 2.03 bits per heavy atom. The number of benzene rings is 3. The number of oxazole rings is 1. The van der Waals surface area contributed by atoms with Crippen LogP contribution in [0.1, 0.15) is 17.3 Å². The molecule has 0 aliphatic heterocycles. The molecule has 1 heterocycles. The number of anilines is 1. The van der Waals surface area contributed by atoms with Crippen molar-refractivity contribution >= 4 is 50.2 Å². The maximum Gasteiger partial charge on any atom is 0.255 e. The van der Waals surface area contributed by atoms with Gasteiger partial charge >= 0.3 is 0 Å². The summed E-state index contributed by atoms with van der Waals surface area (Å²) in [6.07, 6.45) is 0. The van der Waals surface area contributed by atoms with Gasteiger partial charge in [0.25, 0.3) is 5.91 Å². The lowest BCUT2D eigenvalue weighted by atomic mass is 10.1. The molecule has 0 bridgehead atoms. The molecule has 0 atom stereocenters. The van der Waals surface area contributed by atoms with Crippen LogP contribution in [0.25, 0.3) is 22.6 Å². The van der Waals surface area contributed by atoms with Gasteiger partial charge in [-0.15, -0.1) is 0 Å². The zero-order chi connectivity index (χ0) is 20.4. The number of aromatic nitrogens is 1. The predicted molar refractivity (Wildman–Crippen MR) is 118 cm³/mol. The van der Waals surface area contributed by atoms with E-state index < -0.39 is 0 Å². The lowest BCUT2D eigenvalue weighted by Crippen LogP contribution is -2.12. The van der Waals surface area contributed by atoms with E-state index in [9.17, 15) is 4.79 Å². The molecule has 4 aromatic rings. The van der Waals surface area contributed by atoms with Gasteiger partial charge in [-0.05, 0) is 77.5 Å². The highest BCUT2D eigenvalue weighted by Crippen LogP contribution is 2.29. The van der Waals surface area contributed by atoms with Crippen LogP contribution in [0, 0.1) is 0 Å². The zero-order valence-corrected chi connectivity index (χ0v) is 17.8. The number of hydrogen-bond donors (Lipinski definition) is 1. The summed E-state index contributed by atoms with van der Waals surface area (Å²) in [5.74, 6) is 0.930. The van der Waals surface area contributed by atoms with Crippen molar-refractivity contribution in [3.8, 4) is 17.2 Å². The number of nitrogens with one attached hydrogen (secondary N) is 1. The molecule has 0 spiro atoms. The smallest absolute Gasteiger partial charge is 0.255 e. The van der Waals surface area contributed by atoms with Crippen LogP contribution in [0.4, 0.5) is 5.69 Å². The molecule has 0 fully saturated rings. The molecule has 1 amide bonds. The van der Waals surface area contributed by atoms with Crippen molar-refractivity contribution in [1.82, 2.24) is 4.98 Å². The van der Waals surface area contributed by atoms with Gasteiger partial charge in [-0.2, -0.15) is 0 Å². The number of ether oxygens (including phenoxy) is 1. The van der Waals surface area contributed by atoms with E-state index in [0.717, 1.165) is 10.0 Å². The van der Waals surface area contributed by atoms with Crippen LogP contribution in [0.5, 0.6) is 5.75 Å². The van der Waals surface area contributed by atoms with Crippen LogP contribution in [0.3, 0.4) is 0 Å². The molecule has 146 valence electrons. The second kappa shape index (κ2) is 8.27. The summed E-state index contributed by atoms with van der Waals surface area (Å²) < 4.78 is 12.0. The Morgan fingerprint density at radius 1 is 1.17 bits per heavy atom. The number of halogens is 2. The summed E-state index contributed by atoms with van der Waals surface area (Å²) in [4.78, 5) is 17.1. The summed E-state index contributed by atoms with van der Waals surface area (Å²) in [6, 6.07) is 17.8. The van der Waals surface area contributed by atoms with Crippen LogP contribution in [-0.2, 0) is 0 Å². The topological polar surface area (TPSA) is 64.4 Å². The van der Waals surface area contributed by atoms with E-state index in [4.69, 9.17) is 20.8 Å². The van der Waals surface area contributed by atoms with E-state index in [1.807, 2.05) is 31.2 Å². The number of nitrogens with zero attached hydrogens (tertiary/aromatic N) is 1. The summed E-state index contributed by atoms with van der Waals surface area (Å²) in [7, 11) is 0. The second-order valence-electron chi connectivity index (χ2n) is 6.24.